The van der Waals surface area contributed by atoms with Crippen LogP contribution in [0.5, 0.6) is 0 Å². The molecule has 2 amide bonds. The van der Waals surface area contributed by atoms with Crippen LogP contribution in [-0.4, -0.2) is 30.8 Å². The van der Waals surface area contributed by atoms with Crippen molar-refractivity contribution in [3.63, 3.8) is 0 Å². The van der Waals surface area contributed by atoms with Crippen LogP contribution in [0.2, 0.25) is 5.02 Å². The van der Waals surface area contributed by atoms with E-state index >= 15 is 0 Å². The number of hydrogen-bond acceptors (Lipinski definition) is 3. The monoisotopic (exact) mass is 293 g/mol. The predicted octanol–water partition coefficient (Wildman–Crippen LogP) is 2.53. The fourth-order valence-corrected chi connectivity index (χ4v) is 1.51. The van der Waals surface area contributed by atoms with Gasteiger partial charge in [0.15, 0.2) is 0 Å². The van der Waals surface area contributed by atoms with E-state index in [4.69, 9.17) is 16.9 Å². The Bertz CT molecular complexity index is 589. The maximum absolute atomic E-state index is 11.9. The van der Waals surface area contributed by atoms with E-state index in [0.29, 0.717) is 16.3 Å². The van der Waals surface area contributed by atoms with Gasteiger partial charge in [0, 0.05) is 19.7 Å². The van der Waals surface area contributed by atoms with E-state index in [9.17, 15) is 9.59 Å². The zero-order valence-corrected chi connectivity index (χ0v) is 12.6. The van der Waals surface area contributed by atoms with Crippen molar-refractivity contribution >= 4 is 29.1 Å². The van der Waals surface area contributed by atoms with Crippen LogP contribution in [0.25, 0.3) is 0 Å². The summed E-state index contributed by atoms with van der Waals surface area (Å²) in [4.78, 5) is 25.2. The van der Waals surface area contributed by atoms with Crippen molar-refractivity contribution in [2.24, 2.45) is 5.41 Å². The highest BCUT2D eigenvalue weighted by Crippen LogP contribution is 2.26. The number of carbonyl (C=O) groups is 2. The van der Waals surface area contributed by atoms with Gasteiger partial charge in [-0.2, -0.15) is 5.26 Å². The van der Waals surface area contributed by atoms with Gasteiger partial charge < -0.3 is 10.2 Å². The topological polar surface area (TPSA) is 73.2 Å². The summed E-state index contributed by atoms with van der Waals surface area (Å²) in [6.07, 6.45) is 0. The summed E-state index contributed by atoms with van der Waals surface area (Å²) in [5, 5.41) is 11.8. The molecule has 0 fully saturated rings. The van der Waals surface area contributed by atoms with Crippen LogP contribution in [0.1, 0.15) is 24.2 Å². The number of hydrogen-bond donors (Lipinski definition) is 1. The molecule has 1 N–H and O–H groups in total. The number of amides is 2. The number of nitriles is 1. The van der Waals surface area contributed by atoms with E-state index in [2.05, 4.69) is 5.32 Å². The van der Waals surface area contributed by atoms with E-state index in [1.165, 1.54) is 30.9 Å². The Kier molecular flexibility index (Phi) is 4.74. The first-order valence-corrected chi connectivity index (χ1v) is 6.30. The number of benzene rings is 1. The van der Waals surface area contributed by atoms with Crippen LogP contribution in [0.15, 0.2) is 18.2 Å². The first-order chi connectivity index (χ1) is 9.19. The molecule has 0 aliphatic rings. The lowest BCUT2D eigenvalue weighted by Crippen LogP contribution is -2.29. The van der Waals surface area contributed by atoms with Gasteiger partial charge in [-0.3, -0.25) is 9.59 Å². The Balaban J connectivity index is 3.08. The summed E-state index contributed by atoms with van der Waals surface area (Å²) >= 11 is 6.00. The highest BCUT2D eigenvalue weighted by molar-refractivity contribution is 6.34. The third kappa shape index (κ3) is 3.49. The molecule has 0 saturated carbocycles. The Morgan fingerprint density at radius 1 is 1.35 bits per heavy atom. The zero-order valence-electron chi connectivity index (χ0n) is 11.8. The van der Waals surface area contributed by atoms with E-state index in [1.54, 1.807) is 20.2 Å². The molecule has 0 heterocycles. The molecule has 0 unspecified atom stereocenters. The molecule has 5 nitrogen and oxygen atoms in total. The van der Waals surface area contributed by atoms with Gasteiger partial charge in [-0.05, 0) is 32.0 Å². The number of halogens is 1. The summed E-state index contributed by atoms with van der Waals surface area (Å²) < 4.78 is 0. The SMILES string of the molecule is CN(C)C(=O)c1ccc(Cl)c(NC(=O)C(C)(C)C#N)c1. The Hall–Kier alpha value is -2.06. The fourth-order valence-electron chi connectivity index (χ4n) is 1.34. The number of carbonyl (C=O) groups excluding carboxylic acids is 2. The summed E-state index contributed by atoms with van der Waals surface area (Å²) in [5.74, 6) is -0.673. The number of nitrogens with zero attached hydrogens (tertiary/aromatic N) is 2. The van der Waals surface area contributed by atoms with Crippen molar-refractivity contribution in [3.05, 3.63) is 28.8 Å². The lowest BCUT2D eigenvalue weighted by molar-refractivity contribution is -0.121. The minimum Gasteiger partial charge on any atom is -0.345 e. The first-order valence-electron chi connectivity index (χ1n) is 5.93. The molecule has 0 bridgehead atoms. The summed E-state index contributed by atoms with van der Waals surface area (Å²) in [5.41, 5.74) is -0.456. The molecule has 20 heavy (non-hydrogen) atoms. The van der Waals surface area contributed by atoms with Crippen molar-refractivity contribution in [1.82, 2.24) is 4.90 Å². The van der Waals surface area contributed by atoms with Crippen molar-refractivity contribution in [1.29, 1.82) is 5.26 Å². The normalized spacial score (nSPS) is 10.6. The van der Waals surface area contributed by atoms with Crippen LogP contribution in [0, 0.1) is 16.7 Å². The van der Waals surface area contributed by atoms with Gasteiger partial charge in [0.1, 0.15) is 5.41 Å². The summed E-state index contributed by atoms with van der Waals surface area (Å²) in [7, 11) is 3.27. The van der Waals surface area contributed by atoms with Gasteiger partial charge in [-0.15, -0.1) is 0 Å². The molecule has 0 spiro atoms. The summed E-state index contributed by atoms with van der Waals surface area (Å²) in [6.45, 7) is 3.01. The van der Waals surface area contributed by atoms with E-state index in [-0.39, 0.29) is 5.91 Å². The second-order valence-corrected chi connectivity index (χ2v) is 5.49. The fraction of sp³-hybridized carbons (Fsp3) is 0.357. The molecule has 0 aliphatic heterocycles. The van der Waals surface area contributed by atoms with Gasteiger partial charge in [0.25, 0.3) is 5.91 Å². The quantitative estimate of drug-likeness (QED) is 0.930. The standard InChI is InChI=1S/C14H16ClN3O2/c1-14(2,8-16)13(20)17-11-7-9(5-6-10(11)15)12(19)18(3)4/h5-7H,1-4H3,(H,17,20). The number of rotatable bonds is 3. The van der Waals surface area contributed by atoms with Gasteiger partial charge in [0.2, 0.25) is 5.91 Å². The molecule has 6 heteroatoms. The van der Waals surface area contributed by atoms with Crippen LogP contribution in [-0.2, 0) is 4.79 Å². The van der Waals surface area contributed by atoms with Crippen molar-refractivity contribution in [2.45, 2.75) is 13.8 Å². The molecular formula is C14H16ClN3O2. The minimum atomic E-state index is -1.18. The average molecular weight is 294 g/mol. The molecule has 0 saturated heterocycles. The highest BCUT2D eigenvalue weighted by atomic mass is 35.5. The lowest BCUT2D eigenvalue weighted by atomic mass is 9.94. The third-order valence-corrected chi connectivity index (χ3v) is 3.04. The van der Waals surface area contributed by atoms with Gasteiger partial charge in [-0.25, -0.2) is 0 Å². The molecule has 1 aromatic carbocycles. The maximum atomic E-state index is 11.9. The molecule has 0 atom stereocenters. The largest absolute Gasteiger partial charge is 0.345 e. The van der Waals surface area contributed by atoms with Gasteiger partial charge >= 0.3 is 0 Å². The molecule has 0 aliphatic carbocycles. The van der Waals surface area contributed by atoms with Crippen molar-refractivity contribution in [3.8, 4) is 6.07 Å². The smallest absolute Gasteiger partial charge is 0.253 e. The summed E-state index contributed by atoms with van der Waals surface area (Å²) in [6, 6.07) is 6.52. The highest BCUT2D eigenvalue weighted by Gasteiger charge is 2.28. The minimum absolute atomic E-state index is 0.197. The molecule has 1 rings (SSSR count). The van der Waals surface area contributed by atoms with Gasteiger partial charge in [0.05, 0.1) is 16.8 Å². The van der Waals surface area contributed by atoms with Crippen LogP contribution in [0.4, 0.5) is 5.69 Å². The van der Waals surface area contributed by atoms with E-state index in [0.717, 1.165) is 0 Å². The van der Waals surface area contributed by atoms with Crippen molar-refractivity contribution in [2.75, 3.05) is 19.4 Å². The number of nitrogens with one attached hydrogen (secondary N) is 1. The Morgan fingerprint density at radius 2 is 1.95 bits per heavy atom. The molecule has 1 aromatic rings. The first kappa shape index (κ1) is 16.0. The van der Waals surface area contributed by atoms with E-state index in [1.807, 2.05) is 6.07 Å². The second kappa shape index (κ2) is 5.93. The van der Waals surface area contributed by atoms with Gasteiger partial charge in [-0.1, -0.05) is 11.6 Å². The second-order valence-electron chi connectivity index (χ2n) is 5.09. The Labute approximate surface area is 123 Å². The van der Waals surface area contributed by atoms with Crippen LogP contribution < -0.4 is 5.32 Å². The van der Waals surface area contributed by atoms with E-state index < -0.39 is 11.3 Å². The zero-order chi connectivity index (χ0) is 15.5. The maximum Gasteiger partial charge on any atom is 0.253 e. The molecule has 106 valence electrons. The Morgan fingerprint density at radius 3 is 2.45 bits per heavy atom. The number of anilines is 1. The lowest BCUT2D eigenvalue weighted by Gasteiger charge is -2.17. The van der Waals surface area contributed by atoms with Crippen LogP contribution >= 0.6 is 11.6 Å². The predicted molar refractivity (Wildman–Crippen MR) is 77.5 cm³/mol. The molecular weight excluding hydrogens is 278 g/mol. The average Bonchev–Trinajstić information content (AvgIpc) is 2.40. The molecule has 0 radical (unpaired) electrons. The van der Waals surface area contributed by atoms with Crippen LogP contribution in [0.3, 0.4) is 0 Å². The molecule has 0 aromatic heterocycles. The van der Waals surface area contributed by atoms with Crippen molar-refractivity contribution < 1.29 is 9.59 Å². The third-order valence-electron chi connectivity index (χ3n) is 2.71.